The first-order valence-electron chi connectivity index (χ1n) is 11.8. The van der Waals surface area contributed by atoms with E-state index in [4.69, 9.17) is 16.3 Å². The molecule has 1 N–H and O–H groups in total. The van der Waals surface area contributed by atoms with Crippen LogP contribution in [-0.4, -0.2) is 56.1 Å². The molecule has 1 atom stereocenters. The molecule has 0 aromatic heterocycles. The number of nitrogens with one attached hydrogen (secondary N) is 1. The Hall–Kier alpha value is -2.78. The van der Waals surface area contributed by atoms with Crippen LogP contribution in [0.1, 0.15) is 46.6 Å². The fourth-order valence-corrected chi connectivity index (χ4v) is 4.72. The monoisotopic (exact) mass is 537 g/mol. The van der Waals surface area contributed by atoms with Crippen molar-refractivity contribution in [2.24, 2.45) is 0 Å². The molecule has 2 rings (SSSR count). The lowest BCUT2D eigenvalue weighted by molar-refractivity contribution is -0.141. The minimum absolute atomic E-state index is 0.0510. The van der Waals surface area contributed by atoms with Crippen LogP contribution < -0.4 is 14.4 Å². The first kappa shape index (κ1) is 29.5. The highest BCUT2D eigenvalue weighted by atomic mass is 35.5. The third-order valence-corrected chi connectivity index (χ3v) is 6.81. The number of ether oxygens (including phenoxy) is 1. The number of carbonyl (C=O) groups excluding carboxylic acids is 2. The van der Waals surface area contributed by atoms with Crippen LogP contribution in [-0.2, 0) is 26.2 Å². The summed E-state index contributed by atoms with van der Waals surface area (Å²) in [6.45, 7) is 9.27. The van der Waals surface area contributed by atoms with Crippen molar-refractivity contribution in [3.63, 3.8) is 0 Å². The van der Waals surface area contributed by atoms with Crippen molar-refractivity contribution >= 4 is 39.1 Å². The Kier molecular flexibility index (Phi) is 10.2. The maximum Gasteiger partial charge on any atom is 0.244 e. The largest absolute Gasteiger partial charge is 0.494 e. The fourth-order valence-electron chi connectivity index (χ4n) is 3.67. The number of sulfonamides is 1. The second-order valence-electron chi connectivity index (χ2n) is 9.47. The van der Waals surface area contributed by atoms with Gasteiger partial charge in [-0.25, -0.2) is 8.42 Å². The van der Waals surface area contributed by atoms with Crippen molar-refractivity contribution in [1.29, 1.82) is 0 Å². The van der Waals surface area contributed by atoms with Crippen LogP contribution in [0.2, 0.25) is 5.02 Å². The lowest BCUT2D eigenvalue weighted by atomic mass is 10.1. The zero-order valence-corrected chi connectivity index (χ0v) is 23.3. The van der Waals surface area contributed by atoms with Crippen molar-refractivity contribution in [3.8, 4) is 5.75 Å². The van der Waals surface area contributed by atoms with E-state index in [2.05, 4.69) is 5.32 Å². The summed E-state index contributed by atoms with van der Waals surface area (Å²) in [5, 5.41) is 3.38. The minimum Gasteiger partial charge on any atom is -0.494 e. The average Bonchev–Trinajstić information content (AvgIpc) is 2.77. The number of nitrogens with zero attached hydrogens (tertiary/aromatic N) is 2. The molecule has 0 radical (unpaired) electrons. The quantitative estimate of drug-likeness (QED) is 0.463. The number of anilines is 1. The molecule has 0 fully saturated rings. The molecule has 0 aliphatic carbocycles. The topological polar surface area (TPSA) is 96.0 Å². The van der Waals surface area contributed by atoms with Crippen molar-refractivity contribution in [1.82, 2.24) is 10.2 Å². The molecule has 0 saturated carbocycles. The molecule has 0 heterocycles. The van der Waals surface area contributed by atoms with E-state index in [1.54, 1.807) is 55.5 Å². The molecular weight excluding hydrogens is 502 g/mol. The molecule has 0 spiro atoms. The van der Waals surface area contributed by atoms with E-state index in [-0.39, 0.29) is 12.5 Å². The molecule has 0 unspecified atom stereocenters. The molecule has 2 amide bonds. The van der Waals surface area contributed by atoms with Gasteiger partial charge in [-0.05, 0) is 70.0 Å². The molecule has 2 aromatic rings. The van der Waals surface area contributed by atoms with Crippen LogP contribution in [0, 0.1) is 0 Å². The normalized spacial score (nSPS) is 12.5. The van der Waals surface area contributed by atoms with Gasteiger partial charge >= 0.3 is 0 Å². The van der Waals surface area contributed by atoms with Crippen LogP contribution in [0.5, 0.6) is 5.75 Å². The second kappa shape index (κ2) is 12.5. The van der Waals surface area contributed by atoms with Crippen LogP contribution >= 0.6 is 11.6 Å². The molecule has 10 heteroatoms. The SMILES string of the molecule is CCOc1ccc(N(CC(=O)N(Cc2ccccc2Cl)[C@@H](CC)C(=O)NC(C)(C)C)S(C)(=O)=O)cc1. The van der Waals surface area contributed by atoms with E-state index in [1.807, 2.05) is 27.7 Å². The summed E-state index contributed by atoms with van der Waals surface area (Å²) in [4.78, 5) is 28.3. The van der Waals surface area contributed by atoms with E-state index in [0.717, 1.165) is 10.6 Å². The number of amides is 2. The number of rotatable bonds is 11. The molecular formula is C26H36ClN3O5S. The number of hydrogen-bond acceptors (Lipinski definition) is 5. The smallest absolute Gasteiger partial charge is 0.244 e. The maximum atomic E-state index is 13.7. The Morgan fingerprint density at radius 2 is 1.67 bits per heavy atom. The van der Waals surface area contributed by atoms with Gasteiger partial charge in [0, 0.05) is 17.1 Å². The maximum absolute atomic E-state index is 13.7. The Labute approximate surface area is 219 Å². The lowest BCUT2D eigenvalue weighted by Crippen LogP contribution is -2.55. The van der Waals surface area contributed by atoms with Crippen LogP contribution in [0.4, 0.5) is 5.69 Å². The molecule has 0 bridgehead atoms. The lowest BCUT2D eigenvalue weighted by Gasteiger charge is -2.34. The Morgan fingerprint density at radius 3 is 2.17 bits per heavy atom. The Morgan fingerprint density at radius 1 is 1.06 bits per heavy atom. The van der Waals surface area contributed by atoms with E-state index in [0.29, 0.717) is 35.1 Å². The fraction of sp³-hybridized carbons (Fsp3) is 0.462. The van der Waals surface area contributed by atoms with E-state index >= 15 is 0 Å². The first-order valence-corrected chi connectivity index (χ1v) is 14.0. The van der Waals surface area contributed by atoms with Crippen LogP contribution in [0.15, 0.2) is 48.5 Å². The summed E-state index contributed by atoms with van der Waals surface area (Å²) in [5.41, 5.74) is 0.464. The highest BCUT2D eigenvalue weighted by Crippen LogP contribution is 2.24. The third-order valence-electron chi connectivity index (χ3n) is 5.30. The highest BCUT2D eigenvalue weighted by molar-refractivity contribution is 7.92. The molecule has 36 heavy (non-hydrogen) atoms. The van der Waals surface area contributed by atoms with Gasteiger partial charge in [-0.15, -0.1) is 0 Å². The molecule has 0 saturated heterocycles. The van der Waals surface area contributed by atoms with Gasteiger partial charge in [-0.1, -0.05) is 36.7 Å². The minimum atomic E-state index is -3.82. The summed E-state index contributed by atoms with van der Waals surface area (Å²) in [5.74, 6) is -0.256. The van der Waals surface area contributed by atoms with Gasteiger partial charge in [0.1, 0.15) is 18.3 Å². The molecule has 0 aliphatic rings. The zero-order chi connectivity index (χ0) is 27.1. The van der Waals surface area contributed by atoms with Crippen molar-refractivity contribution in [2.45, 2.75) is 59.2 Å². The molecule has 0 aliphatic heterocycles. The second-order valence-corrected chi connectivity index (χ2v) is 11.8. The summed E-state index contributed by atoms with van der Waals surface area (Å²) < 4.78 is 31.9. The Balaban J connectivity index is 2.45. The Bertz CT molecular complexity index is 1150. The third kappa shape index (κ3) is 8.41. The van der Waals surface area contributed by atoms with Crippen LogP contribution in [0.3, 0.4) is 0 Å². The number of hydrogen-bond donors (Lipinski definition) is 1. The predicted molar refractivity (Wildman–Crippen MR) is 144 cm³/mol. The van der Waals surface area contributed by atoms with E-state index < -0.39 is 34.1 Å². The van der Waals surface area contributed by atoms with Gasteiger partial charge in [-0.3, -0.25) is 13.9 Å². The number of carbonyl (C=O) groups is 2. The zero-order valence-electron chi connectivity index (χ0n) is 21.7. The van der Waals surface area contributed by atoms with Gasteiger partial charge in [0.2, 0.25) is 21.8 Å². The number of halogens is 1. The van der Waals surface area contributed by atoms with Gasteiger partial charge in [0.05, 0.1) is 18.6 Å². The van der Waals surface area contributed by atoms with Gasteiger partial charge < -0.3 is 15.0 Å². The van der Waals surface area contributed by atoms with E-state index in [9.17, 15) is 18.0 Å². The van der Waals surface area contributed by atoms with Crippen molar-refractivity contribution < 1.29 is 22.7 Å². The van der Waals surface area contributed by atoms with Crippen LogP contribution in [0.25, 0.3) is 0 Å². The molecule has 198 valence electrons. The number of benzene rings is 2. The molecule has 2 aromatic carbocycles. The predicted octanol–water partition coefficient (Wildman–Crippen LogP) is 4.23. The summed E-state index contributed by atoms with van der Waals surface area (Å²) >= 11 is 6.36. The standard InChI is InChI=1S/C26H36ClN3O5S/c1-7-23(25(32)28-26(3,4)5)29(17-19-11-9-10-12-22(19)27)24(31)18-30(36(6,33)34)20-13-15-21(16-14-20)35-8-2/h9-16,23H,7-8,17-18H2,1-6H3,(H,28,32)/t23-/m0/s1. The first-order chi connectivity index (χ1) is 16.8. The van der Waals surface area contributed by atoms with Gasteiger partial charge in [-0.2, -0.15) is 0 Å². The van der Waals surface area contributed by atoms with Gasteiger partial charge in [0.15, 0.2) is 0 Å². The molecule has 8 nitrogen and oxygen atoms in total. The summed E-state index contributed by atoms with van der Waals surface area (Å²) in [6, 6.07) is 12.7. The van der Waals surface area contributed by atoms with Crippen molar-refractivity contribution in [2.75, 3.05) is 23.7 Å². The summed E-state index contributed by atoms with van der Waals surface area (Å²) in [7, 11) is -3.82. The summed E-state index contributed by atoms with van der Waals surface area (Å²) in [6.07, 6.45) is 1.37. The van der Waals surface area contributed by atoms with Crippen molar-refractivity contribution in [3.05, 3.63) is 59.1 Å². The average molecular weight is 538 g/mol. The highest BCUT2D eigenvalue weighted by Gasteiger charge is 2.33. The van der Waals surface area contributed by atoms with E-state index in [1.165, 1.54) is 4.90 Å². The van der Waals surface area contributed by atoms with Gasteiger partial charge in [0.25, 0.3) is 0 Å².